The molecular formula is C26H26BrN5O. The van der Waals surface area contributed by atoms with E-state index in [4.69, 9.17) is 0 Å². The summed E-state index contributed by atoms with van der Waals surface area (Å²) in [6.07, 6.45) is 5.31. The molecule has 4 aromatic rings. The molecule has 6 nitrogen and oxygen atoms in total. The van der Waals surface area contributed by atoms with Gasteiger partial charge < -0.3 is 10.2 Å². The Balaban J connectivity index is 1.38. The van der Waals surface area contributed by atoms with Crippen molar-refractivity contribution in [2.24, 2.45) is 0 Å². The van der Waals surface area contributed by atoms with Crippen molar-refractivity contribution >= 4 is 33.3 Å². The largest absolute Gasteiger partial charge is 0.365 e. The van der Waals surface area contributed by atoms with Crippen LogP contribution in [-0.4, -0.2) is 38.5 Å². The van der Waals surface area contributed by atoms with Gasteiger partial charge in [-0.25, -0.2) is 4.98 Å². The van der Waals surface area contributed by atoms with Crippen molar-refractivity contribution in [3.05, 3.63) is 93.7 Å². The molecule has 1 saturated heterocycles. The molecule has 7 heteroatoms. The highest BCUT2D eigenvalue weighted by Crippen LogP contribution is 2.31. The van der Waals surface area contributed by atoms with Gasteiger partial charge in [0.1, 0.15) is 11.4 Å². The van der Waals surface area contributed by atoms with Crippen LogP contribution in [0.3, 0.4) is 0 Å². The van der Waals surface area contributed by atoms with Gasteiger partial charge in [-0.1, -0.05) is 54.6 Å². The number of rotatable bonds is 5. The number of likely N-dealkylation sites (tertiary alicyclic amines) is 1. The highest BCUT2D eigenvalue weighted by molar-refractivity contribution is 9.10. The van der Waals surface area contributed by atoms with Crippen molar-refractivity contribution in [1.82, 2.24) is 19.5 Å². The Hall–Kier alpha value is -3.19. The van der Waals surface area contributed by atoms with Gasteiger partial charge in [0.2, 0.25) is 0 Å². The van der Waals surface area contributed by atoms with Crippen molar-refractivity contribution in [2.75, 3.05) is 18.4 Å². The van der Waals surface area contributed by atoms with Gasteiger partial charge in [0.05, 0.1) is 10.7 Å². The smallest absolute Gasteiger partial charge is 0.259 e. The number of fused-ring (bicyclic) bond motifs is 1. The van der Waals surface area contributed by atoms with Gasteiger partial charge >= 0.3 is 0 Å². The van der Waals surface area contributed by atoms with E-state index < -0.39 is 0 Å². The van der Waals surface area contributed by atoms with Crippen LogP contribution in [-0.2, 0) is 6.54 Å². The number of aromatic nitrogens is 3. The van der Waals surface area contributed by atoms with E-state index >= 15 is 0 Å². The van der Waals surface area contributed by atoms with Gasteiger partial charge in [0.15, 0.2) is 5.65 Å². The van der Waals surface area contributed by atoms with E-state index in [0.717, 1.165) is 36.0 Å². The van der Waals surface area contributed by atoms with Crippen LogP contribution in [0.2, 0.25) is 0 Å². The molecule has 1 fully saturated rings. The zero-order valence-electron chi connectivity index (χ0n) is 18.5. The van der Waals surface area contributed by atoms with Crippen LogP contribution in [0.15, 0.2) is 71.5 Å². The molecule has 33 heavy (non-hydrogen) atoms. The fraction of sp³-hybridized carbons (Fsp3) is 0.269. The minimum Gasteiger partial charge on any atom is -0.365 e. The quantitative estimate of drug-likeness (QED) is 0.394. The number of carbonyl (C=O) groups is 1. The number of anilines is 1. The van der Waals surface area contributed by atoms with E-state index in [1.807, 2.05) is 23.1 Å². The van der Waals surface area contributed by atoms with Crippen LogP contribution in [0.25, 0.3) is 5.65 Å². The molecule has 0 aliphatic carbocycles. The molecule has 0 unspecified atom stereocenters. The molecule has 5 rings (SSSR count). The lowest BCUT2D eigenvalue weighted by Gasteiger charge is -2.33. The first-order valence-corrected chi connectivity index (χ1v) is 12.1. The first-order chi connectivity index (χ1) is 16.1. The Morgan fingerprint density at radius 2 is 1.79 bits per heavy atom. The molecule has 2 aromatic carbocycles. The number of hydrogen-bond donors (Lipinski definition) is 1. The molecule has 0 bridgehead atoms. The molecule has 1 amide bonds. The van der Waals surface area contributed by atoms with Crippen LogP contribution >= 0.6 is 15.9 Å². The number of nitrogens with zero attached hydrogens (tertiary/aromatic N) is 4. The average molecular weight is 504 g/mol. The maximum Gasteiger partial charge on any atom is 0.259 e. The van der Waals surface area contributed by atoms with E-state index in [9.17, 15) is 4.79 Å². The summed E-state index contributed by atoms with van der Waals surface area (Å²) in [6.45, 7) is 4.22. The normalized spacial score (nSPS) is 14.5. The molecule has 0 radical (unpaired) electrons. The van der Waals surface area contributed by atoms with Crippen molar-refractivity contribution in [3.8, 4) is 0 Å². The first-order valence-electron chi connectivity index (χ1n) is 11.3. The second-order valence-corrected chi connectivity index (χ2v) is 9.36. The van der Waals surface area contributed by atoms with Crippen LogP contribution in [0.5, 0.6) is 0 Å². The van der Waals surface area contributed by atoms with Gasteiger partial charge in [0.25, 0.3) is 5.91 Å². The molecular weight excluding hydrogens is 478 g/mol. The highest BCUT2D eigenvalue weighted by atomic mass is 79.9. The lowest BCUT2D eigenvalue weighted by molar-refractivity contribution is 0.0713. The Kier molecular flexibility index (Phi) is 6.13. The molecule has 3 heterocycles. The van der Waals surface area contributed by atoms with Crippen LogP contribution in [0.4, 0.5) is 5.82 Å². The number of piperidine rings is 1. The zero-order valence-corrected chi connectivity index (χ0v) is 20.1. The van der Waals surface area contributed by atoms with E-state index in [2.05, 4.69) is 74.7 Å². The number of hydrogen-bond acceptors (Lipinski definition) is 4. The van der Waals surface area contributed by atoms with E-state index in [-0.39, 0.29) is 5.91 Å². The molecule has 0 saturated carbocycles. The van der Waals surface area contributed by atoms with Crippen molar-refractivity contribution in [1.29, 1.82) is 0 Å². The fourth-order valence-electron chi connectivity index (χ4n) is 4.62. The predicted molar refractivity (Wildman–Crippen MR) is 134 cm³/mol. The number of halogens is 1. The topological polar surface area (TPSA) is 62.5 Å². The van der Waals surface area contributed by atoms with Gasteiger partial charge in [-0.15, -0.1) is 0 Å². The zero-order chi connectivity index (χ0) is 22.8. The maximum absolute atomic E-state index is 13.6. The Bertz CT molecular complexity index is 1280. The molecule has 0 spiro atoms. The molecule has 2 aromatic heterocycles. The average Bonchev–Trinajstić information content (AvgIpc) is 3.24. The summed E-state index contributed by atoms with van der Waals surface area (Å²) >= 11 is 3.50. The SMILES string of the molecule is Cc1ccccc1C1CCN(C(=O)c2cnc3c(Br)cnn3c2NCc2ccccc2)CC1. The van der Waals surface area contributed by atoms with E-state index in [0.29, 0.717) is 29.5 Å². The van der Waals surface area contributed by atoms with Gasteiger partial charge in [-0.3, -0.25) is 4.79 Å². The van der Waals surface area contributed by atoms with Gasteiger partial charge in [-0.05, 0) is 58.3 Å². The minimum atomic E-state index is -0.00480. The van der Waals surface area contributed by atoms with Gasteiger partial charge in [0, 0.05) is 25.8 Å². The summed E-state index contributed by atoms with van der Waals surface area (Å²) in [7, 11) is 0. The Morgan fingerprint density at radius 1 is 1.06 bits per heavy atom. The van der Waals surface area contributed by atoms with Crippen LogP contribution in [0, 0.1) is 6.92 Å². The fourth-order valence-corrected chi connectivity index (χ4v) is 4.98. The standard InChI is InChI=1S/C26H26BrN5O/c1-18-7-5-6-10-21(18)20-11-13-31(14-12-20)26(33)22-16-29-25-23(27)17-30-32(25)24(22)28-15-19-8-3-2-4-9-19/h2-10,16-17,20,28H,11-15H2,1H3. The summed E-state index contributed by atoms with van der Waals surface area (Å²) in [4.78, 5) is 20.0. The number of nitrogens with one attached hydrogen (secondary N) is 1. The van der Waals surface area contributed by atoms with E-state index in [1.165, 1.54) is 11.1 Å². The second-order valence-electron chi connectivity index (χ2n) is 8.51. The van der Waals surface area contributed by atoms with Crippen LogP contribution in [0.1, 0.15) is 45.8 Å². The number of carbonyl (C=O) groups excluding carboxylic acids is 1. The van der Waals surface area contributed by atoms with Crippen molar-refractivity contribution < 1.29 is 4.79 Å². The number of amides is 1. The van der Waals surface area contributed by atoms with Crippen LogP contribution < -0.4 is 5.32 Å². The monoisotopic (exact) mass is 503 g/mol. The summed E-state index contributed by atoms with van der Waals surface area (Å²) in [5, 5.41) is 7.89. The number of benzene rings is 2. The Labute approximate surface area is 201 Å². The van der Waals surface area contributed by atoms with Gasteiger partial charge in [-0.2, -0.15) is 9.61 Å². The maximum atomic E-state index is 13.6. The minimum absolute atomic E-state index is 0.00480. The first kappa shape index (κ1) is 21.6. The molecule has 1 aliphatic rings. The summed E-state index contributed by atoms with van der Waals surface area (Å²) in [6, 6.07) is 18.7. The third-order valence-corrected chi connectivity index (χ3v) is 6.99. The lowest BCUT2D eigenvalue weighted by atomic mass is 9.87. The number of aryl methyl sites for hydroxylation is 1. The third kappa shape index (κ3) is 4.37. The summed E-state index contributed by atoms with van der Waals surface area (Å²) in [5.74, 6) is 1.16. The van der Waals surface area contributed by atoms with Crippen molar-refractivity contribution in [3.63, 3.8) is 0 Å². The molecule has 0 atom stereocenters. The summed E-state index contributed by atoms with van der Waals surface area (Å²) in [5.41, 5.74) is 5.09. The molecule has 168 valence electrons. The van der Waals surface area contributed by atoms with E-state index in [1.54, 1.807) is 16.9 Å². The highest BCUT2D eigenvalue weighted by Gasteiger charge is 2.28. The van der Waals surface area contributed by atoms with Crippen molar-refractivity contribution in [2.45, 2.75) is 32.2 Å². The predicted octanol–water partition coefficient (Wildman–Crippen LogP) is 5.43. The second kappa shape index (κ2) is 9.35. The molecule has 1 N–H and O–H groups in total. The summed E-state index contributed by atoms with van der Waals surface area (Å²) < 4.78 is 2.50. The lowest BCUT2D eigenvalue weighted by Crippen LogP contribution is -2.38. The molecule has 1 aliphatic heterocycles. The third-order valence-electron chi connectivity index (χ3n) is 6.43. The Morgan fingerprint density at radius 3 is 2.55 bits per heavy atom.